The number of H-pyrrole nitrogens is 1. The van der Waals surface area contributed by atoms with Crippen LogP contribution >= 0.6 is 11.8 Å². The molecule has 8 heteroatoms. The zero-order valence-corrected chi connectivity index (χ0v) is 14.8. The maximum absolute atomic E-state index is 12.0. The lowest BCUT2D eigenvalue weighted by Crippen LogP contribution is -2.33. The molecule has 7 nitrogen and oxygen atoms in total. The summed E-state index contributed by atoms with van der Waals surface area (Å²) >= 11 is 1.10. The highest BCUT2D eigenvalue weighted by molar-refractivity contribution is 7.99. The summed E-state index contributed by atoms with van der Waals surface area (Å²) in [5.41, 5.74) is -0.0171. The van der Waals surface area contributed by atoms with Crippen LogP contribution in [0.2, 0.25) is 0 Å². The number of nitrogens with one attached hydrogen (secondary N) is 2. The molecule has 1 atom stereocenters. The van der Waals surface area contributed by atoms with Crippen LogP contribution in [-0.2, 0) is 16.0 Å². The van der Waals surface area contributed by atoms with Crippen molar-refractivity contribution in [3.8, 4) is 5.88 Å². The minimum atomic E-state index is -0.333. The molecule has 0 aromatic carbocycles. The summed E-state index contributed by atoms with van der Waals surface area (Å²) in [6, 6.07) is 0. The molecule has 1 amide bonds. The van der Waals surface area contributed by atoms with Crippen LogP contribution in [0.1, 0.15) is 44.6 Å². The maximum Gasteiger partial charge on any atom is 0.258 e. The molecule has 1 fully saturated rings. The van der Waals surface area contributed by atoms with E-state index in [1.165, 1.54) is 0 Å². The van der Waals surface area contributed by atoms with Gasteiger partial charge in [-0.25, -0.2) is 0 Å². The standard InChI is InChI=1S/C16H25N3O4S/c1-2-3-4-7-12-14(21)18-16(19-15(12)22)24-10-13(20)17-9-11-6-5-8-23-11/h11H,2-10H2,1H3,(H,17,20)(H2,18,19,21,22)/t11-/m1/s1. The number of amides is 1. The molecular formula is C16H25N3O4S. The van der Waals surface area contributed by atoms with Crippen LogP contribution in [0.15, 0.2) is 9.95 Å². The molecule has 3 N–H and O–H groups in total. The van der Waals surface area contributed by atoms with Gasteiger partial charge in [0.05, 0.1) is 17.4 Å². The quantitative estimate of drug-likeness (QED) is 0.353. The third-order valence-corrected chi connectivity index (χ3v) is 4.77. The molecule has 1 aliphatic heterocycles. The Kier molecular flexibility index (Phi) is 7.58. The van der Waals surface area contributed by atoms with Crippen LogP contribution in [0.3, 0.4) is 0 Å². The average Bonchev–Trinajstić information content (AvgIpc) is 3.07. The predicted molar refractivity (Wildman–Crippen MR) is 92.5 cm³/mol. The molecule has 0 spiro atoms. The SMILES string of the molecule is CCCCCc1c(O)nc(SCC(=O)NC[C@H]2CCCO2)[nH]c1=O. The Morgan fingerprint density at radius 3 is 3.00 bits per heavy atom. The number of thioether (sulfide) groups is 1. The highest BCUT2D eigenvalue weighted by atomic mass is 32.2. The van der Waals surface area contributed by atoms with Gasteiger partial charge in [-0.2, -0.15) is 4.98 Å². The lowest BCUT2D eigenvalue weighted by Gasteiger charge is -2.10. The summed E-state index contributed by atoms with van der Waals surface area (Å²) in [5, 5.41) is 13.0. The van der Waals surface area contributed by atoms with E-state index in [2.05, 4.69) is 22.2 Å². The number of hydrogen-bond acceptors (Lipinski definition) is 6. The van der Waals surface area contributed by atoms with E-state index in [1.807, 2.05) is 0 Å². The van der Waals surface area contributed by atoms with Gasteiger partial charge in [0.15, 0.2) is 5.16 Å². The third kappa shape index (κ3) is 5.83. The second-order valence-electron chi connectivity index (χ2n) is 5.86. The largest absolute Gasteiger partial charge is 0.493 e. The Labute approximate surface area is 145 Å². The Hall–Kier alpha value is -1.54. The second kappa shape index (κ2) is 9.68. The van der Waals surface area contributed by atoms with Gasteiger partial charge in [0, 0.05) is 13.2 Å². The van der Waals surface area contributed by atoms with E-state index < -0.39 is 0 Å². The third-order valence-electron chi connectivity index (χ3n) is 3.89. The minimum Gasteiger partial charge on any atom is -0.493 e. The molecule has 0 radical (unpaired) electrons. The van der Waals surface area contributed by atoms with Crippen molar-refractivity contribution in [2.24, 2.45) is 0 Å². The first kappa shape index (κ1) is 18.8. The average molecular weight is 355 g/mol. The van der Waals surface area contributed by atoms with E-state index in [-0.39, 0.29) is 34.4 Å². The number of aromatic hydroxyl groups is 1. The van der Waals surface area contributed by atoms with Crippen LogP contribution in [-0.4, -0.2) is 46.0 Å². The van der Waals surface area contributed by atoms with Crippen molar-refractivity contribution in [3.05, 3.63) is 15.9 Å². The molecule has 1 aliphatic rings. The summed E-state index contributed by atoms with van der Waals surface area (Å²) in [6.45, 7) is 3.33. The summed E-state index contributed by atoms with van der Waals surface area (Å²) in [4.78, 5) is 30.4. The van der Waals surface area contributed by atoms with Crippen molar-refractivity contribution < 1.29 is 14.6 Å². The highest BCUT2D eigenvalue weighted by Gasteiger charge is 2.16. The summed E-state index contributed by atoms with van der Waals surface area (Å²) in [7, 11) is 0. The predicted octanol–water partition coefficient (Wildman–Crippen LogP) is 1.60. The van der Waals surface area contributed by atoms with Gasteiger partial charge in [0.25, 0.3) is 5.56 Å². The molecular weight excluding hydrogens is 330 g/mol. The Morgan fingerprint density at radius 1 is 1.50 bits per heavy atom. The number of aromatic nitrogens is 2. The van der Waals surface area contributed by atoms with Gasteiger partial charge < -0.3 is 20.1 Å². The number of ether oxygens (including phenoxy) is 1. The molecule has 0 unspecified atom stereocenters. The molecule has 1 aromatic rings. The molecule has 0 aliphatic carbocycles. The van der Waals surface area contributed by atoms with Gasteiger partial charge in [0.2, 0.25) is 11.8 Å². The van der Waals surface area contributed by atoms with Crippen molar-refractivity contribution in [2.45, 2.75) is 56.7 Å². The normalized spacial score (nSPS) is 17.1. The topological polar surface area (TPSA) is 104 Å². The summed E-state index contributed by atoms with van der Waals surface area (Å²) in [6.07, 6.45) is 5.49. The van der Waals surface area contributed by atoms with Crippen LogP contribution in [0.4, 0.5) is 0 Å². The van der Waals surface area contributed by atoms with E-state index in [4.69, 9.17) is 4.74 Å². The van der Waals surface area contributed by atoms with Gasteiger partial charge in [0.1, 0.15) is 0 Å². The number of rotatable bonds is 9. The molecule has 2 heterocycles. The molecule has 0 bridgehead atoms. The van der Waals surface area contributed by atoms with Crippen molar-refractivity contribution in [3.63, 3.8) is 0 Å². The fourth-order valence-corrected chi connectivity index (χ4v) is 3.21. The maximum atomic E-state index is 12.0. The lowest BCUT2D eigenvalue weighted by molar-refractivity contribution is -0.119. The van der Waals surface area contributed by atoms with Crippen molar-refractivity contribution in [1.82, 2.24) is 15.3 Å². The van der Waals surface area contributed by atoms with Crippen molar-refractivity contribution in [2.75, 3.05) is 18.9 Å². The van der Waals surface area contributed by atoms with Crippen LogP contribution in [0.5, 0.6) is 5.88 Å². The van der Waals surface area contributed by atoms with E-state index in [0.717, 1.165) is 50.5 Å². The summed E-state index contributed by atoms with van der Waals surface area (Å²) in [5.74, 6) is -0.258. The summed E-state index contributed by atoms with van der Waals surface area (Å²) < 4.78 is 5.44. The second-order valence-corrected chi connectivity index (χ2v) is 6.82. The monoisotopic (exact) mass is 355 g/mol. The molecule has 1 aromatic heterocycles. The van der Waals surface area contributed by atoms with E-state index >= 15 is 0 Å². The van der Waals surface area contributed by atoms with E-state index in [9.17, 15) is 14.7 Å². The fourth-order valence-electron chi connectivity index (χ4n) is 2.53. The number of hydrogen-bond donors (Lipinski definition) is 3. The smallest absolute Gasteiger partial charge is 0.258 e. The van der Waals surface area contributed by atoms with E-state index in [1.54, 1.807) is 0 Å². The number of carbonyl (C=O) groups excluding carboxylic acids is 1. The first-order valence-corrected chi connectivity index (χ1v) is 9.42. The fraction of sp³-hybridized carbons (Fsp3) is 0.688. The number of nitrogens with zero attached hydrogens (tertiary/aromatic N) is 1. The van der Waals surface area contributed by atoms with Gasteiger partial charge in [-0.05, 0) is 25.7 Å². The Bertz CT molecular complexity index is 599. The van der Waals surface area contributed by atoms with Crippen LogP contribution in [0.25, 0.3) is 0 Å². The van der Waals surface area contributed by atoms with Crippen molar-refractivity contribution >= 4 is 17.7 Å². The first-order chi connectivity index (χ1) is 11.6. The lowest BCUT2D eigenvalue weighted by atomic mass is 10.1. The molecule has 0 saturated carbocycles. The van der Waals surface area contributed by atoms with E-state index in [0.29, 0.717) is 18.5 Å². The van der Waals surface area contributed by atoms with Gasteiger partial charge in [-0.3, -0.25) is 9.59 Å². The van der Waals surface area contributed by atoms with Crippen LogP contribution < -0.4 is 10.9 Å². The Balaban J connectivity index is 1.81. The first-order valence-electron chi connectivity index (χ1n) is 8.43. The minimum absolute atomic E-state index is 0.100. The highest BCUT2D eigenvalue weighted by Crippen LogP contribution is 2.18. The van der Waals surface area contributed by atoms with Crippen LogP contribution in [0, 0.1) is 0 Å². The molecule has 24 heavy (non-hydrogen) atoms. The molecule has 2 rings (SSSR count). The molecule has 1 saturated heterocycles. The van der Waals surface area contributed by atoms with Gasteiger partial charge >= 0.3 is 0 Å². The van der Waals surface area contributed by atoms with Crippen molar-refractivity contribution in [1.29, 1.82) is 0 Å². The number of aromatic amines is 1. The zero-order chi connectivity index (χ0) is 17.4. The Morgan fingerprint density at radius 2 is 2.33 bits per heavy atom. The number of carbonyl (C=O) groups is 1. The zero-order valence-electron chi connectivity index (χ0n) is 14.0. The number of unbranched alkanes of at least 4 members (excludes halogenated alkanes) is 2. The van der Waals surface area contributed by atoms with Gasteiger partial charge in [-0.1, -0.05) is 31.5 Å². The molecule has 134 valence electrons. The van der Waals surface area contributed by atoms with Gasteiger partial charge in [-0.15, -0.1) is 0 Å².